The molecular weight excluding hydrogens is 399 g/mol. The van der Waals surface area contributed by atoms with Gasteiger partial charge in [-0.05, 0) is 54.1 Å². The number of amides is 1. The summed E-state index contributed by atoms with van der Waals surface area (Å²) in [6.07, 6.45) is -5.87. The monoisotopic (exact) mass is 417 g/mol. The molecule has 0 aliphatic carbocycles. The van der Waals surface area contributed by atoms with Crippen molar-refractivity contribution in [2.24, 2.45) is 0 Å². The van der Waals surface area contributed by atoms with E-state index in [0.29, 0.717) is 22.6 Å². The first kappa shape index (κ1) is 21.2. The van der Waals surface area contributed by atoms with Crippen LogP contribution in [-0.4, -0.2) is 23.9 Å². The standard InChI is InChI=1S/C22H18F3NO4/c23-22(24,25)30-19-12-6-15(7-13-19)20(27)14-26-21(28)16-8-10-18(11-9-16)29-17-4-2-1-3-5-17/h1-13,20,27H,14H2,(H,26,28). The first-order valence-corrected chi connectivity index (χ1v) is 8.95. The third-order valence-electron chi connectivity index (χ3n) is 4.05. The Morgan fingerprint density at radius 2 is 1.43 bits per heavy atom. The van der Waals surface area contributed by atoms with Crippen molar-refractivity contribution in [3.05, 3.63) is 90.0 Å². The lowest BCUT2D eigenvalue weighted by molar-refractivity contribution is -0.274. The Labute approximate surface area is 170 Å². The second kappa shape index (κ2) is 9.32. The highest BCUT2D eigenvalue weighted by molar-refractivity contribution is 5.94. The minimum Gasteiger partial charge on any atom is -0.457 e. The average molecular weight is 417 g/mol. The molecule has 0 bridgehead atoms. The molecule has 0 aliphatic heterocycles. The molecule has 0 saturated carbocycles. The molecule has 156 valence electrons. The normalized spacial score (nSPS) is 12.1. The van der Waals surface area contributed by atoms with Crippen LogP contribution in [0.5, 0.6) is 17.2 Å². The zero-order chi connectivity index (χ0) is 21.6. The second-order valence-corrected chi connectivity index (χ2v) is 6.28. The molecular formula is C22H18F3NO4. The Bertz CT molecular complexity index is 958. The van der Waals surface area contributed by atoms with Gasteiger partial charge in [0, 0.05) is 12.1 Å². The minimum absolute atomic E-state index is 0.111. The molecule has 1 unspecified atom stereocenters. The predicted octanol–water partition coefficient (Wildman–Crippen LogP) is 4.84. The summed E-state index contributed by atoms with van der Waals surface area (Å²) < 4.78 is 46.0. The maximum atomic E-state index is 12.3. The largest absolute Gasteiger partial charge is 0.573 e. The van der Waals surface area contributed by atoms with Crippen molar-refractivity contribution >= 4 is 5.91 Å². The van der Waals surface area contributed by atoms with E-state index in [-0.39, 0.29) is 12.3 Å². The zero-order valence-electron chi connectivity index (χ0n) is 15.6. The van der Waals surface area contributed by atoms with Crippen molar-refractivity contribution in [2.45, 2.75) is 12.5 Å². The van der Waals surface area contributed by atoms with Gasteiger partial charge >= 0.3 is 6.36 Å². The number of para-hydroxylation sites is 1. The molecule has 1 amide bonds. The fourth-order valence-electron chi connectivity index (χ4n) is 2.60. The van der Waals surface area contributed by atoms with Crippen LogP contribution in [0.25, 0.3) is 0 Å². The highest BCUT2D eigenvalue weighted by atomic mass is 19.4. The molecule has 0 fully saturated rings. The van der Waals surface area contributed by atoms with Crippen molar-refractivity contribution in [1.29, 1.82) is 0 Å². The van der Waals surface area contributed by atoms with E-state index in [9.17, 15) is 23.1 Å². The highest BCUT2D eigenvalue weighted by Gasteiger charge is 2.31. The molecule has 2 N–H and O–H groups in total. The summed E-state index contributed by atoms with van der Waals surface area (Å²) in [6.45, 7) is -0.111. The van der Waals surface area contributed by atoms with E-state index < -0.39 is 18.4 Å². The number of carbonyl (C=O) groups is 1. The van der Waals surface area contributed by atoms with Gasteiger partial charge in [-0.3, -0.25) is 4.79 Å². The third kappa shape index (κ3) is 6.25. The highest BCUT2D eigenvalue weighted by Crippen LogP contribution is 2.24. The van der Waals surface area contributed by atoms with Gasteiger partial charge in [0.1, 0.15) is 17.2 Å². The van der Waals surface area contributed by atoms with Crippen molar-refractivity contribution in [3.8, 4) is 17.2 Å². The summed E-state index contributed by atoms with van der Waals surface area (Å²) in [4.78, 5) is 12.3. The SMILES string of the molecule is O=C(NCC(O)c1ccc(OC(F)(F)F)cc1)c1ccc(Oc2ccccc2)cc1. The van der Waals surface area contributed by atoms with E-state index in [4.69, 9.17) is 4.74 Å². The maximum absolute atomic E-state index is 12.3. The maximum Gasteiger partial charge on any atom is 0.573 e. The van der Waals surface area contributed by atoms with Gasteiger partial charge in [0.25, 0.3) is 5.91 Å². The van der Waals surface area contributed by atoms with Crippen LogP contribution in [0.3, 0.4) is 0 Å². The molecule has 8 heteroatoms. The fourth-order valence-corrected chi connectivity index (χ4v) is 2.60. The van der Waals surface area contributed by atoms with Gasteiger partial charge in [-0.2, -0.15) is 0 Å². The van der Waals surface area contributed by atoms with E-state index in [0.717, 1.165) is 12.1 Å². The van der Waals surface area contributed by atoms with Crippen LogP contribution < -0.4 is 14.8 Å². The lowest BCUT2D eigenvalue weighted by Crippen LogP contribution is -2.28. The number of nitrogens with one attached hydrogen (secondary N) is 1. The van der Waals surface area contributed by atoms with E-state index in [1.54, 1.807) is 24.3 Å². The molecule has 0 aliphatic rings. The van der Waals surface area contributed by atoms with Gasteiger partial charge in [0.15, 0.2) is 0 Å². The fraction of sp³-hybridized carbons (Fsp3) is 0.136. The third-order valence-corrected chi connectivity index (χ3v) is 4.05. The Balaban J connectivity index is 1.52. The summed E-state index contributed by atoms with van der Waals surface area (Å²) in [5.74, 6) is 0.445. The van der Waals surface area contributed by atoms with Crippen LogP contribution in [-0.2, 0) is 0 Å². The van der Waals surface area contributed by atoms with Crippen molar-refractivity contribution in [3.63, 3.8) is 0 Å². The Hall–Kier alpha value is -3.52. The first-order chi connectivity index (χ1) is 14.3. The number of halogens is 3. The van der Waals surface area contributed by atoms with Gasteiger partial charge in [-0.1, -0.05) is 30.3 Å². The van der Waals surface area contributed by atoms with Crippen LogP contribution in [0.4, 0.5) is 13.2 Å². The smallest absolute Gasteiger partial charge is 0.457 e. The number of carbonyl (C=O) groups excluding carboxylic acids is 1. The molecule has 0 saturated heterocycles. The Morgan fingerprint density at radius 1 is 0.867 bits per heavy atom. The van der Waals surface area contributed by atoms with E-state index >= 15 is 0 Å². The van der Waals surface area contributed by atoms with E-state index in [1.807, 2.05) is 30.3 Å². The number of benzene rings is 3. The average Bonchev–Trinajstić information content (AvgIpc) is 2.72. The van der Waals surface area contributed by atoms with Crippen LogP contribution in [0.2, 0.25) is 0 Å². The molecule has 0 heterocycles. The molecule has 30 heavy (non-hydrogen) atoms. The van der Waals surface area contributed by atoms with E-state index in [1.165, 1.54) is 12.1 Å². The number of hydrogen-bond acceptors (Lipinski definition) is 4. The number of hydrogen-bond donors (Lipinski definition) is 2. The molecule has 3 aromatic carbocycles. The number of aliphatic hydroxyl groups excluding tert-OH is 1. The van der Waals surface area contributed by atoms with Gasteiger partial charge in [0.05, 0.1) is 6.10 Å². The quantitative estimate of drug-likeness (QED) is 0.577. The van der Waals surface area contributed by atoms with Crippen LogP contribution in [0.1, 0.15) is 22.0 Å². The molecule has 3 aromatic rings. The van der Waals surface area contributed by atoms with Crippen molar-refractivity contribution in [2.75, 3.05) is 6.54 Å². The van der Waals surface area contributed by atoms with Crippen LogP contribution in [0.15, 0.2) is 78.9 Å². The number of alkyl halides is 3. The van der Waals surface area contributed by atoms with Crippen LogP contribution >= 0.6 is 0 Å². The Morgan fingerprint density at radius 3 is 2.03 bits per heavy atom. The number of ether oxygens (including phenoxy) is 2. The molecule has 3 rings (SSSR count). The van der Waals surface area contributed by atoms with Gasteiger partial charge in [-0.15, -0.1) is 13.2 Å². The predicted molar refractivity (Wildman–Crippen MR) is 103 cm³/mol. The summed E-state index contributed by atoms with van der Waals surface area (Å²) in [7, 11) is 0. The molecule has 5 nitrogen and oxygen atoms in total. The summed E-state index contributed by atoms with van der Waals surface area (Å²) in [6, 6.07) is 20.5. The molecule has 0 spiro atoms. The minimum atomic E-state index is -4.78. The van der Waals surface area contributed by atoms with Gasteiger partial charge in [-0.25, -0.2) is 0 Å². The lowest BCUT2D eigenvalue weighted by atomic mass is 10.1. The van der Waals surface area contributed by atoms with Gasteiger partial charge < -0.3 is 19.9 Å². The second-order valence-electron chi connectivity index (χ2n) is 6.28. The molecule has 0 radical (unpaired) electrons. The first-order valence-electron chi connectivity index (χ1n) is 8.95. The lowest BCUT2D eigenvalue weighted by Gasteiger charge is -2.14. The van der Waals surface area contributed by atoms with Crippen molar-refractivity contribution in [1.82, 2.24) is 5.32 Å². The Kier molecular flexibility index (Phi) is 6.58. The van der Waals surface area contributed by atoms with E-state index in [2.05, 4.69) is 10.1 Å². The van der Waals surface area contributed by atoms with Gasteiger partial charge in [0.2, 0.25) is 0 Å². The summed E-state index contributed by atoms with van der Waals surface area (Å²) in [5.41, 5.74) is 0.716. The number of aliphatic hydroxyl groups is 1. The molecule has 0 aromatic heterocycles. The summed E-state index contributed by atoms with van der Waals surface area (Å²) in [5, 5.41) is 12.7. The number of rotatable bonds is 7. The molecule has 1 atom stereocenters. The van der Waals surface area contributed by atoms with Crippen LogP contribution in [0, 0.1) is 0 Å². The summed E-state index contributed by atoms with van der Waals surface area (Å²) >= 11 is 0. The zero-order valence-corrected chi connectivity index (χ0v) is 15.6. The topological polar surface area (TPSA) is 67.8 Å². The van der Waals surface area contributed by atoms with Crippen molar-refractivity contribution < 1.29 is 32.5 Å².